The molecule has 0 bridgehead atoms. The van der Waals surface area contributed by atoms with Crippen LogP contribution in [0, 0.1) is 11.7 Å². The third kappa shape index (κ3) is 4.67. The summed E-state index contributed by atoms with van der Waals surface area (Å²) in [4.78, 5) is 42.1. The number of amides is 3. The molecule has 2 heterocycles. The van der Waals surface area contributed by atoms with Crippen LogP contribution in [0.25, 0.3) is 0 Å². The summed E-state index contributed by atoms with van der Waals surface area (Å²) in [6, 6.07) is 6.12. The molecule has 1 unspecified atom stereocenters. The van der Waals surface area contributed by atoms with Crippen molar-refractivity contribution in [3.8, 4) is 0 Å². The highest BCUT2D eigenvalue weighted by Crippen LogP contribution is 2.28. The van der Waals surface area contributed by atoms with Crippen molar-refractivity contribution in [3.63, 3.8) is 0 Å². The van der Waals surface area contributed by atoms with Crippen LogP contribution in [0.5, 0.6) is 0 Å². The summed E-state index contributed by atoms with van der Waals surface area (Å²) in [5, 5.41) is 2.85. The average molecular weight is 390 g/mol. The highest BCUT2D eigenvalue weighted by molar-refractivity contribution is 6.00. The van der Waals surface area contributed by atoms with Crippen molar-refractivity contribution in [2.75, 3.05) is 50.7 Å². The molecule has 2 saturated heterocycles. The third-order valence-corrected chi connectivity index (χ3v) is 5.24. The summed E-state index contributed by atoms with van der Waals surface area (Å²) < 4.78 is 14.0. The van der Waals surface area contributed by atoms with Crippen molar-refractivity contribution < 1.29 is 18.8 Å². The van der Waals surface area contributed by atoms with Gasteiger partial charge in [0.05, 0.1) is 18.2 Å². The first kappa shape index (κ1) is 20.3. The minimum absolute atomic E-state index is 0.00328. The summed E-state index contributed by atoms with van der Waals surface area (Å²) >= 11 is 0. The summed E-state index contributed by atoms with van der Waals surface area (Å²) in [7, 11) is 0. The van der Waals surface area contributed by atoms with Crippen LogP contribution in [-0.4, -0.2) is 73.3 Å². The van der Waals surface area contributed by atoms with Gasteiger partial charge in [-0.05, 0) is 18.6 Å². The number of carbonyl (C=O) groups excluding carboxylic acids is 3. The molecule has 1 atom stereocenters. The Morgan fingerprint density at radius 2 is 1.89 bits per heavy atom. The maximum absolute atomic E-state index is 14.0. The molecule has 2 aliphatic rings. The number of benzene rings is 1. The van der Waals surface area contributed by atoms with Crippen molar-refractivity contribution in [1.29, 1.82) is 0 Å². The third-order valence-electron chi connectivity index (χ3n) is 5.24. The monoisotopic (exact) mass is 390 g/mol. The van der Waals surface area contributed by atoms with Crippen molar-refractivity contribution in [2.24, 2.45) is 5.92 Å². The van der Waals surface area contributed by atoms with Gasteiger partial charge in [0.25, 0.3) is 0 Å². The number of piperazine rings is 1. The van der Waals surface area contributed by atoms with Crippen LogP contribution < -0.4 is 10.2 Å². The van der Waals surface area contributed by atoms with Crippen LogP contribution in [0.15, 0.2) is 24.3 Å². The summed E-state index contributed by atoms with van der Waals surface area (Å²) in [5.74, 6) is -1.20. The van der Waals surface area contributed by atoms with E-state index in [1.54, 1.807) is 23.1 Å². The molecule has 2 fully saturated rings. The molecule has 0 saturated carbocycles. The van der Waals surface area contributed by atoms with E-state index in [4.69, 9.17) is 0 Å². The van der Waals surface area contributed by atoms with Crippen LogP contribution >= 0.6 is 0 Å². The maximum Gasteiger partial charge on any atom is 0.234 e. The van der Waals surface area contributed by atoms with Crippen molar-refractivity contribution in [1.82, 2.24) is 15.1 Å². The van der Waals surface area contributed by atoms with Gasteiger partial charge in [-0.2, -0.15) is 0 Å². The van der Waals surface area contributed by atoms with E-state index in [-0.39, 0.29) is 36.4 Å². The fourth-order valence-electron chi connectivity index (χ4n) is 3.68. The minimum atomic E-state index is -0.459. The predicted octanol–water partition coefficient (Wildman–Crippen LogP) is 0.849. The Hall–Kier alpha value is -2.48. The molecule has 1 aromatic rings. The van der Waals surface area contributed by atoms with Gasteiger partial charge in [0.1, 0.15) is 5.82 Å². The van der Waals surface area contributed by atoms with Crippen LogP contribution in [-0.2, 0) is 14.4 Å². The lowest BCUT2D eigenvalue weighted by molar-refractivity contribution is -0.137. The maximum atomic E-state index is 14.0. The number of hydrogen-bond donors (Lipinski definition) is 1. The highest BCUT2D eigenvalue weighted by atomic mass is 19.1. The first-order valence-corrected chi connectivity index (χ1v) is 9.82. The number of anilines is 1. The average Bonchev–Trinajstić information content (AvgIpc) is 3.08. The lowest BCUT2D eigenvalue weighted by Gasteiger charge is -2.35. The number of carbonyl (C=O) groups is 3. The summed E-state index contributed by atoms with van der Waals surface area (Å²) in [6.07, 6.45) is 1.00. The van der Waals surface area contributed by atoms with Gasteiger partial charge in [0, 0.05) is 45.7 Å². The zero-order valence-electron chi connectivity index (χ0n) is 16.2. The Morgan fingerprint density at radius 1 is 1.18 bits per heavy atom. The predicted molar refractivity (Wildman–Crippen MR) is 103 cm³/mol. The molecule has 3 rings (SSSR count). The number of rotatable bonds is 6. The Labute approximate surface area is 164 Å². The van der Waals surface area contributed by atoms with Crippen LogP contribution in [0.1, 0.15) is 19.8 Å². The van der Waals surface area contributed by atoms with Gasteiger partial charge in [0.15, 0.2) is 0 Å². The number of para-hydroxylation sites is 1. The van der Waals surface area contributed by atoms with E-state index in [1.807, 2.05) is 11.8 Å². The Balaban J connectivity index is 1.51. The van der Waals surface area contributed by atoms with Gasteiger partial charge >= 0.3 is 0 Å². The van der Waals surface area contributed by atoms with Gasteiger partial charge in [0.2, 0.25) is 17.7 Å². The van der Waals surface area contributed by atoms with Gasteiger partial charge in [-0.1, -0.05) is 19.1 Å². The zero-order chi connectivity index (χ0) is 20.1. The lowest BCUT2D eigenvalue weighted by atomic mass is 10.1. The summed E-state index contributed by atoms with van der Waals surface area (Å²) in [6.45, 7) is 5.54. The fourth-order valence-corrected chi connectivity index (χ4v) is 3.68. The standard InChI is InChI=1S/C20H27FN4O3/c1-2-7-22-18(26)14-23-8-10-24(11-9-23)20(28)15-12-19(27)25(13-15)17-6-4-3-5-16(17)21/h3-6,15H,2,7-14H2,1H3,(H,22,26). The van der Waals surface area contributed by atoms with Gasteiger partial charge < -0.3 is 15.1 Å². The van der Waals surface area contributed by atoms with Crippen molar-refractivity contribution in [2.45, 2.75) is 19.8 Å². The topological polar surface area (TPSA) is 73.0 Å². The minimum Gasteiger partial charge on any atom is -0.355 e. The van der Waals surface area contributed by atoms with E-state index >= 15 is 0 Å². The molecule has 28 heavy (non-hydrogen) atoms. The first-order valence-electron chi connectivity index (χ1n) is 9.82. The van der Waals surface area contributed by atoms with Crippen LogP contribution in [0.2, 0.25) is 0 Å². The molecule has 152 valence electrons. The second kappa shape index (κ2) is 9.14. The molecule has 0 aromatic heterocycles. The van der Waals surface area contributed by atoms with Gasteiger partial charge in [-0.3, -0.25) is 19.3 Å². The number of nitrogens with one attached hydrogen (secondary N) is 1. The fraction of sp³-hybridized carbons (Fsp3) is 0.550. The van der Waals surface area contributed by atoms with Crippen molar-refractivity contribution in [3.05, 3.63) is 30.1 Å². The van der Waals surface area contributed by atoms with Gasteiger partial charge in [-0.15, -0.1) is 0 Å². The molecule has 8 heteroatoms. The molecule has 0 aliphatic carbocycles. The van der Waals surface area contributed by atoms with E-state index in [9.17, 15) is 18.8 Å². The molecule has 1 aromatic carbocycles. The first-order chi connectivity index (χ1) is 13.5. The Morgan fingerprint density at radius 3 is 2.57 bits per heavy atom. The van der Waals surface area contributed by atoms with Crippen LogP contribution in [0.4, 0.5) is 10.1 Å². The Kier molecular flexibility index (Phi) is 6.61. The second-order valence-electron chi connectivity index (χ2n) is 7.31. The molecule has 7 nitrogen and oxygen atoms in total. The highest BCUT2D eigenvalue weighted by Gasteiger charge is 2.38. The van der Waals surface area contributed by atoms with Crippen LogP contribution in [0.3, 0.4) is 0 Å². The van der Waals surface area contributed by atoms with E-state index < -0.39 is 11.7 Å². The van der Waals surface area contributed by atoms with E-state index in [0.29, 0.717) is 39.3 Å². The molecule has 0 radical (unpaired) electrons. The number of nitrogens with zero attached hydrogens (tertiary/aromatic N) is 3. The molecular formula is C20H27FN4O3. The number of hydrogen-bond acceptors (Lipinski definition) is 4. The SMILES string of the molecule is CCCNC(=O)CN1CCN(C(=O)C2CC(=O)N(c3ccccc3F)C2)CC1. The molecular weight excluding hydrogens is 363 g/mol. The van der Waals surface area contributed by atoms with E-state index in [0.717, 1.165) is 6.42 Å². The molecule has 1 N–H and O–H groups in total. The van der Waals surface area contributed by atoms with Crippen molar-refractivity contribution >= 4 is 23.4 Å². The van der Waals surface area contributed by atoms with Gasteiger partial charge in [-0.25, -0.2) is 4.39 Å². The smallest absolute Gasteiger partial charge is 0.234 e. The number of halogens is 1. The molecule has 2 aliphatic heterocycles. The second-order valence-corrected chi connectivity index (χ2v) is 7.31. The quantitative estimate of drug-likeness (QED) is 0.782. The van der Waals surface area contributed by atoms with E-state index in [2.05, 4.69) is 5.32 Å². The summed E-state index contributed by atoms with van der Waals surface area (Å²) in [5.41, 5.74) is 0.228. The zero-order valence-corrected chi connectivity index (χ0v) is 16.2. The van der Waals surface area contributed by atoms with E-state index in [1.165, 1.54) is 11.0 Å². The molecule has 3 amide bonds. The molecule has 0 spiro atoms. The Bertz CT molecular complexity index is 734. The largest absolute Gasteiger partial charge is 0.355 e. The normalized spacial score (nSPS) is 20.5. The lowest BCUT2D eigenvalue weighted by Crippen LogP contribution is -2.52.